The van der Waals surface area contributed by atoms with E-state index in [1.165, 1.54) is 28.9 Å². The van der Waals surface area contributed by atoms with Crippen molar-refractivity contribution in [3.63, 3.8) is 0 Å². The standard InChI is InChI=1S/C28H27N5O4/c1-3-10-24-25(28(35)32(31-24)22-15-17-23(18-16-22)33(36)37)19(2)29-30-27(34)26(20-11-6-4-7-12-20)21-13-8-5-9-14-21/h4-9,11-18,26,31H,3,10H2,1-2H3,(H,30,34)/b29-19+. The van der Waals surface area contributed by atoms with Gasteiger partial charge in [0.25, 0.3) is 17.2 Å². The first-order chi connectivity index (χ1) is 17.9. The van der Waals surface area contributed by atoms with Crippen molar-refractivity contribution in [1.82, 2.24) is 15.2 Å². The van der Waals surface area contributed by atoms with Gasteiger partial charge < -0.3 is 0 Å². The van der Waals surface area contributed by atoms with E-state index >= 15 is 0 Å². The van der Waals surface area contributed by atoms with E-state index in [2.05, 4.69) is 15.6 Å². The third-order valence-corrected chi connectivity index (χ3v) is 6.01. The van der Waals surface area contributed by atoms with E-state index in [0.29, 0.717) is 29.1 Å². The van der Waals surface area contributed by atoms with Gasteiger partial charge in [0.2, 0.25) is 0 Å². The summed E-state index contributed by atoms with van der Waals surface area (Å²) in [5.74, 6) is -0.892. The second-order valence-electron chi connectivity index (χ2n) is 8.56. The molecule has 0 unspecified atom stereocenters. The summed E-state index contributed by atoms with van der Waals surface area (Å²) in [6, 6.07) is 24.6. The number of hydrogen-bond acceptors (Lipinski definition) is 5. The Hall–Kier alpha value is -4.79. The number of carbonyl (C=O) groups excluding carboxylic acids is 1. The molecule has 0 aliphatic carbocycles. The lowest BCUT2D eigenvalue weighted by Crippen LogP contribution is -2.28. The number of nitrogens with one attached hydrogen (secondary N) is 2. The van der Waals surface area contributed by atoms with Crippen molar-refractivity contribution < 1.29 is 9.72 Å². The predicted molar refractivity (Wildman–Crippen MR) is 142 cm³/mol. The van der Waals surface area contributed by atoms with Crippen LogP contribution in [0.1, 0.15) is 48.6 Å². The van der Waals surface area contributed by atoms with Gasteiger partial charge in [-0.15, -0.1) is 0 Å². The molecule has 4 aromatic rings. The largest absolute Gasteiger partial charge is 0.294 e. The summed E-state index contributed by atoms with van der Waals surface area (Å²) >= 11 is 0. The van der Waals surface area contributed by atoms with Crippen LogP contribution in [0.3, 0.4) is 0 Å². The number of hydrazone groups is 1. The van der Waals surface area contributed by atoms with Gasteiger partial charge in [0, 0.05) is 17.8 Å². The zero-order chi connectivity index (χ0) is 26.4. The molecule has 0 saturated carbocycles. The Bertz CT molecular complexity index is 1430. The highest BCUT2D eigenvalue weighted by atomic mass is 16.6. The van der Waals surface area contributed by atoms with Gasteiger partial charge in [0.1, 0.15) is 0 Å². The SMILES string of the molecule is CCCc1[nH]n(-c2ccc([N+](=O)[O-])cc2)c(=O)c1/C(C)=N/NC(=O)C(c1ccccc1)c1ccccc1. The molecule has 188 valence electrons. The van der Waals surface area contributed by atoms with Crippen LogP contribution in [0.4, 0.5) is 5.69 Å². The first-order valence-corrected chi connectivity index (χ1v) is 11.9. The summed E-state index contributed by atoms with van der Waals surface area (Å²) in [7, 11) is 0. The molecule has 1 heterocycles. The Morgan fingerprint density at radius 2 is 1.57 bits per heavy atom. The normalized spacial score (nSPS) is 11.5. The molecule has 0 fully saturated rings. The fraction of sp³-hybridized carbons (Fsp3) is 0.179. The van der Waals surface area contributed by atoms with E-state index in [-0.39, 0.29) is 17.2 Å². The second-order valence-corrected chi connectivity index (χ2v) is 8.56. The molecule has 3 aromatic carbocycles. The number of nitro benzene ring substituents is 1. The maximum absolute atomic E-state index is 13.4. The molecule has 1 amide bonds. The maximum Gasteiger partial charge on any atom is 0.280 e. The zero-order valence-corrected chi connectivity index (χ0v) is 20.5. The number of H-pyrrole nitrogens is 1. The molecule has 37 heavy (non-hydrogen) atoms. The molecule has 0 spiro atoms. The number of nitro groups is 1. The summed E-state index contributed by atoms with van der Waals surface area (Å²) in [5, 5.41) is 18.4. The molecule has 4 rings (SSSR count). The Kier molecular flexibility index (Phi) is 7.73. The molecule has 9 heteroatoms. The first-order valence-electron chi connectivity index (χ1n) is 11.9. The summed E-state index contributed by atoms with van der Waals surface area (Å²) in [5.41, 5.74) is 5.74. The third kappa shape index (κ3) is 5.56. The van der Waals surface area contributed by atoms with Gasteiger partial charge in [0.15, 0.2) is 0 Å². The molecule has 0 radical (unpaired) electrons. The lowest BCUT2D eigenvalue weighted by atomic mass is 9.91. The van der Waals surface area contributed by atoms with E-state index in [1.54, 1.807) is 6.92 Å². The third-order valence-electron chi connectivity index (χ3n) is 6.01. The number of aromatic amines is 1. The smallest absolute Gasteiger partial charge is 0.280 e. The number of non-ortho nitro benzene ring substituents is 1. The average Bonchev–Trinajstić information content (AvgIpc) is 3.24. The Labute approximate surface area is 213 Å². The summed E-state index contributed by atoms with van der Waals surface area (Å²) in [6.45, 7) is 3.66. The van der Waals surface area contributed by atoms with Crippen LogP contribution in [0.2, 0.25) is 0 Å². The molecular weight excluding hydrogens is 470 g/mol. The van der Waals surface area contributed by atoms with E-state index in [0.717, 1.165) is 17.5 Å². The minimum atomic E-state index is -0.572. The Morgan fingerprint density at radius 1 is 1.00 bits per heavy atom. The van der Waals surface area contributed by atoms with Gasteiger partial charge in [-0.2, -0.15) is 5.10 Å². The fourth-order valence-electron chi connectivity index (χ4n) is 4.24. The number of nitrogens with zero attached hydrogens (tertiary/aromatic N) is 3. The molecule has 1 aromatic heterocycles. The number of aryl methyl sites for hydroxylation is 1. The van der Waals surface area contributed by atoms with Gasteiger partial charge >= 0.3 is 0 Å². The van der Waals surface area contributed by atoms with Gasteiger partial charge in [-0.05, 0) is 36.6 Å². The monoisotopic (exact) mass is 497 g/mol. The summed E-state index contributed by atoms with van der Waals surface area (Å²) < 4.78 is 1.33. The van der Waals surface area contributed by atoms with Crippen LogP contribution in [-0.2, 0) is 11.2 Å². The highest BCUT2D eigenvalue weighted by Crippen LogP contribution is 2.25. The number of rotatable bonds is 9. The van der Waals surface area contributed by atoms with Crippen LogP contribution < -0.4 is 11.0 Å². The molecule has 0 saturated heterocycles. The lowest BCUT2D eigenvalue weighted by molar-refractivity contribution is -0.384. The van der Waals surface area contributed by atoms with Crippen LogP contribution in [0.15, 0.2) is 94.8 Å². The van der Waals surface area contributed by atoms with Crippen molar-refractivity contribution in [3.05, 3.63) is 128 Å². The molecule has 9 nitrogen and oxygen atoms in total. The average molecular weight is 498 g/mol. The number of amides is 1. The summed E-state index contributed by atoms with van der Waals surface area (Å²) in [4.78, 5) is 37.2. The van der Waals surface area contributed by atoms with Crippen LogP contribution in [0, 0.1) is 10.1 Å². The zero-order valence-electron chi connectivity index (χ0n) is 20.5. The van der Waals surface area contributed by atoms with Gasteiger partial charge in [-0.1, -0.05) is 74.0 Å². The fourth-order valence-corrected chi connectivity index (χ4v) is 4.24. The first kappa shape index (κ1) is 25.3. The number of hydrogen-bond donors (Lipinski definition) is 2. The van der Waals surface area contributed by atoms with Crippen LogP contribution in [0.5, 0.6) is 0 Å². The number of benzene rings is 3. The minimum Gasteiger partial charge on any atom is -0.294 e. The highest BCUT2D eigenvalue weighted by molar-refractivity contribution is 6.00. The molecule has 0 bridgehead atoms. The van der Waals surface area contributed by atoms with Crippen molar-refractivity contribution in [3.8, 4) is 5.69 Å². The molecule has 0 atom stereocenters. The maximum atomic E-state index is 13.4. The highest BCUT2D eigenvalue weighted by Gasteiger charge is 2.23. The number of aromatic nitrogens is 2. The molecule has 2 N–H and O–H groups in total. The van der Waals surface area contributed by atoms with Crippen LogP contribution in [-0.4, -0.2) is 26.3 Å². The van der Waals surface area contributed by atoms with Crippen molar-refractivity contribution in [1.29, 1.82) is 0 Å². The summed E-state index contributed by atoms with van der Waals surface area (Å²) in [6.07, 6.45) is 1.36. The van der Waals surface area contributed by atoms with Gasteiger partial charge in [-0.25, -0.2) is 10.1 Å². The van der Waals surface area contributed by atoms with Crippen LogP contribution >= 0.6 is 0 Å². The minimum absolute atomic E-state index is 0.0656. The Morgan fingerprint density at radius 3 is 2.08 bits per heavy atom. The van der Waals surface area contributed by atoms with Crippen molar-refractivity contribution in [2.24, 2.45) is 5.10 Å². The number of carbonyl (C=O) groups is 1. The predicted octanol–water partition coefficient (Wildman–Crippen LogP) is 4.70. The molecular formula is C28H27N5O4. The lowest BCUT2D eigenvalue weighted by Gasteiger charge is -2.16. The van der Waals surface area contributed by atoms with E-state index < -0.39 is 10.8 Å². The van der Waals surface area contributed by atoms with Gasteiger partial charge in [-0.3, -0.25) is 24.8 Å². The van der Waals surface area contributed by atoms with E-state index in [4.69, 9.17) is 0 Å². The Balaban J connectivity index is 1.66. The molecule has 0 aliphatic rings. The van der Waals surface area contributed by atoms with E-state index in [9.17, 15) is 19.7 Å². The van der Waals surface area contributed by atoms with Crippen molar-refractivity contribution in [2.45, 2.75) is 32.6 Å². The topological polar surface area (TPSA) is 122 Å². The van der Waals surface area contributed by atoms with E-state index in [1.807, 2.05) is 67.6 Å². The van der Waals surface area contributed by atoms with Crippen molar-refractivity contribution in [2.75, 3.05) is 0 Å². The quantitative estimate of drug-likeness (QED) is 0.198. The molecule has 0 aliphatic heterocycles. The van der Waals surface area contributed by atoms with Crippen molar-refractivity contribution >= 4 is 17.3 Å². The van der Waals surface area contributed by atoms with Crippen LogP contribution in [0.25, 0.3) is 5.69 Å². The van der Waals surface area contributed by atoms with Gasteiger partial charge in [0.05, 0.1) is 27.8 Å². The second kappa shape index (κ2) is 11.3.